The largest absolute Gasteiger partial charge is 0.481 e. The molecule has 10 heteroatoms. The summed E-state index contributed by atoms with van der Waals surface area (Å²) in [4.78, 5) is 31.0. The smallest absolute Gasteiger partial charge is 0.307 e. The second-order valence-electron chi connectivity index (χ2n) is 5.45. The summed E-state index contributed by atoms with van der Waals surface area (Å²) in [7, 11) is 0. The van der Waals surface area contributed by atoms with Crippen LogP contribution in [-0.2, 0) is 20.8 Å². The second-order valence-corrected chi connectivity index (χ2v) is 6.27. The van der Waals surface area contributed by atoms with E-state index in [4.69, 9.17) is 39.2 Å². The molecule has 8 nitrogen and oxygen atoms in total. The Bertz CT molecular complexity index is 825. The van der Waals surface area contributed by atoms with Gasteiger partial charge < -0.3 is 16.2 Å². The van der Waals surface area contributed by atoms with Gasteiger partial charge in [0.1, 0.15) is 0 Å². The lowest BCUT2D eigenvalue weighted by molar-refractivity contribution is -0.136. The van der Waals surface area contributed by atoms with E-state index in [2.05, 4.69) is 5.32 Å². The molecule has 0 aliphatic rings. The van der Waals surface area contributed by atoms with Crippen molar-refractivity contribution in [2.75, 3.05) is 5.32 Å². The number of halogens is 2. The van der Waals surface area contributed by atoms with E-state index in [-0.39, 0.29) is 19.3 Å². The van der Waals surface area contributed by atoms with Gasteiger partial charge in [0.25, 0.3) is 0 Å². The molecule has 0 saturated heterocycles. The van der Waals surface area contributed by atoms with Crippen molar-refractivity contribution in [3.63, 3.8) is 0 Å². The molecule has 0 unspecified atom stereocenters. The highest BCUT2D eigenvalue weighted by atomic mass is 35.5. The number of hydroxylamine groups is 1. The summed E-state index contributed by atoms with van der Waals surface area (Å²) < 4.78 is 0. The Balaban J connectivity index is 0.000000370. The van der Waals surface area contributed by atoms with Gasteiger partial charge in [-0.1, -0.05) is 47.5 Å². The average molecular weight is 428 g/mol. The van der Waals surface area contributed by atoms with E-state index in [0.717, 1.165) is 0 Å². The summed E-state index contributed by atoms with van der Waals surface area (Å²) in [6, 6.07) is 12.3. The molecule has 6 N–H and O–H groups in total. The molecule has 0 radical (unpaired) electrons. The third-order valence-electron chi connectivity index (χ3n) is 3.30. The van der Waals surface area contributed by atoms with Gasteiger partial charge in [-0.3, -0.25) is 19.6 Å². The molecule has 0 bridgehead atoms. The van der Waals surface area contributed by atoms with E-state index in [1.165, 1.54) is 5.48 Å². The van der Waals surface area contributed by atoms with E-state index < -0.39 is 17.8 Å². The molecule has 0 aliphatic heterocycles. The molecule has 0 aromatic heterocycles. The first kappa shape index (κ1) is 23.2. The Labute approximate surface area is 171 Å². The number of nitrogens with two attached hydrogens (primary N) is 1. The first-order valence-electron chi connectivity index (χ1n) is 7.96. The van der Waals surface area contributed by atoms with Crippen molar-refractivity contribution in [1.82, 2.24) is 5.48 Å². The zero-order valence-corrected chi connectivity index (χ0v) is 16.1. The molecular formula is C18H19Cl2N3O5. The van der Waals surface area contributed by atoms with E-state index >= 15 is 0 Å². The molecule has 28 heavy (non-hydrogen) atoms. The van der Waals surface area contributed by atoms with Crippen molar-refractivity contribution >= 4 is 52.4 Å². The number of anilines is 2. The maximum atomic E-state index is 10.8. The number of amides is 2. The fraction of sp³-hybridized carbons (Fsp3) is 0.167. The normalized spacial score (nSPS) is 9.68. The maximum absolute atomic E-state index is 10.8. The minimum atomic E-state index is -0.889. The number of carbonyl (C=O) groups excluding carboxylic acids is 2. The summed E-state index contributed by atoms with van der Waals surface area (Å²) in [6.45, 7) is 0. The molecule has 150 valence electrons. The van der Waals surface area contributed by atoms with Crippen LogP contribution in [0.25, 0.3) is 0 Å². The Morgan fingerprint density at radius 1 is 0.964 bits per heavy atom. The summed E-state index contributed by atoms with van der Waals surface area (Å²) in [5.74, 6) is -2.05. The zero-order chi connectivity index (χ0) is 21.1. The third kappa shape index (κ3) is 8.26. The molecule has 0 fully saturated rings. The lowest BCUT2D eigenvalue weighted by Crippen LogP contribution is -2.21. The number of hydrogen-bond donors (Lipinski definition) is 5. The van der Waals surface area contributed by atoms with Crippen molar-refractivity contribution in [3.05, 3.63) is 58.1 Å². The summed E-state index contributed by atoms with van der Waals surface area (Å²) in [6.07, 6.45) is -0.163. The van der Waals surface area contributed by atoms with Gasteiger partial charge in [0.05, 0.1) is 22.2 Å². The van der Waals surface area contributed by atoms with E-state index in [1.807, 2.05) is 6.07 Å². The molecule has 2 aromatic rings. The zero-order valence-electron chi connectivity index (χ0n) is 14.6. The lowest BCUT2D eigenvalue weighted by Gasteiger charge is -2.13. The second kappa shape index (κ2) is 11.8. The molecule has 2 aromatic carbocycles. The van der Waals surface area contributed by atoms with Crippen LogP contribution in [0.3, 0.4) is 0 Å². The predicted molar refractivity (Wildman–Crippen MR) is 106 cm³/mol. The number of hydrogen-bond acceptors (Lipinski definition) is 5. The van der Waals surface area contributed by atoms with Gasteiger partial charge in [-0.25, -0.2) is 5.48 Å². The van der Waals surface area contributed by atoms with E-state index in [1.54, 1.807) is 36.4 Å². The van der Waals surface area contributed by atoms with Crippen LogP contribution < -0.4 is 16.5 Å². The van der Waals surface area contributed by atoms with Crippen LogP contribution in [0.1, 0.15) is 18.4 Å². The SMILES string of the molecule is NC(=O)CCC(=O)NO.O=C(O)Cc1ccccc1Nc1c(Cl)cccc1Cl. The predicted octanol–water partition coefficient (Wildman–Crippen LogP) is 3.12. The fourth-order valence-electron chi connectivity index (χ4n) is 2.00. The first-order chi connectivity index (χ1) is 13.2. The molecule has 0 spiro atoms. The van der Waals surface area contributed by atoms with Gasteiger partial charge in [0, 0.05) is 18.5 Å². The molecule has 0 heterocycles. The molecule has 0 atom stereocenters. The van der Waals surface area contributed by atoms with E-state index in [0.29, 0.717) is 27.0 Å². The molecular weight excluding hydrogens is 409 g/mol. The number of para-hydroxylation sites is 2. The van der Waals surface area contributed by atoms with Crippen LogP contribution in [0.2, 0.25) is 10.0 Å². The minimum absolute atomic E-state index is 0.0353. The fourth-order valence-corrected chi connectivity index (χ4v) is 2.50. The molecule has 2 rings (SSSR count). The molecule has 2 amide bonds. The number of nitrogens with one attached hydrogen (secondary N) is 2. The van der Waals surface area contributed by atoms with Gasteiger partial charge in [-0.15, -0.1) is 0 Å². The number of rotatable bonds is 7. The summed E-state index contributed by atoms with van der Waals surface area (Å²) in [5, 5.41) is 20.8. The van der Waals surface area contributed by atoms with Crippen LogP contribution in [0, 0.1) is 0 Å². The van der Waals surface area contributed by atoms with Crippen LogP contribution in [0.4, 0.5) is 11.4 Å². The number of carboxylic acid groups (broad SMARTS) is 1. The highest BCUT2D eigenvalue weighted by molar-refractivity contribution is 6.39. The highest BCUT2D eigenvalue weighted by Gasteiger charge is 2.10. The monoisotopic (exact) mass is 427 g/mol. The van der Waals surface area contributed by atoms with Crippen LogP contribution in [-0.4, -0.2) is 28.1 Å². The van der Waals surface area contributed by atoms with Crippen LogP contribution in [0.15, 0.2) is 42.5 Å². The quantitative estimate of drug-likeness (QED) is 0.339. The minimum Gasteiger partial charge on any atom is -0.481 e. The first-order valence-corrected chi connectivity index (χ1v) is 8.72. The van der Waals surface area contributed by atoms with Gasteiger partial charge in [-0.05, 0) is 23.8 Å². The standard InChI is InChI=1S/C14H11Cl2NO2.C4H8N2O3/c15-10-5-3-6-11(16)14(10)17-12-7-2-1-4-9(12)8-13(18)19;5-3(7)1-2-4(8)6-9/h1-7,17H,8H2,(H,18,19);9H,1-2H2,(H2,5,7)(H,6,8). The highest BCUT2D eigenvalue weighted by Crippen LogP contribution is 2.33. The van der Waals surface area contributed by atoms with Crippen molar-refractivity contribution < 1.29 is 24.7 Å². The lowest BCUT2D eigenvalue weighted by atomic mass is 10.1. The number of primary amides is 1. The number of carboxylic acids is 1. The Morgan fingerprint density at radius 3 is 2.11 bits per heavy atom. The number of carbonyl (C=O) groups is 3. The Morgan fingerprint density at radius 2 is 1.57 bits per heavy atom. The van der Waals surface area contributed by atoms with Crippen LogP contribution >= 0.6 is 23.2 Å². The Hall–Kier alpha value is -2.81. The van der Waals surface area contributed by atoms with Crippen molar-refractivity contribution in [3.8, 4) is 0 Å². The molecule has 0 saturated carbocycles. The topological polar surface area (TPSA) is 142 Å². The Kier molecular flexibility index (Phi) is 9.80. The van der Waals surface area contributed by atoms with Crippen molar-refractivity contribution in [1.29, 1.82) is 0 Å². The van der Waals surface area contributed by atoms with E-state index in [9.17, 15) is 14.4 Å². The number of aliphatic carboxylic acids is 1. The van der Waals surface area contributed by atoms with Gasteiger partial charge in [0.2, 0.25) is 11.8 Å². The van der Waals surface area contributed by atoms with Gasteiger partial charge in [0.15, 0.2) is 0 Å². The van der Waals surface area contributed by atoms with Gasteiger partial charge >= 0.3 is 5.97 Å². The molecule has 0 aliphatic carbocycles. The average Bonchev–Trinajstić information content (AvgIpc) is 2.64. The van der Waals surface area contributed by atoms with Gasteiger partial charge in [-0.2, -0.15) is 0 Å². The van der Waals surface area contributed by atoms with Crippen molar-refractivity contribution in [2.24, 2.45) is 5.73 Å². The third-order valence-corrected chi connectivity index (χ3v) is 3.93. The van der Waals surface area contributed by atoms with Crippen molar-refractivity contribution in [2.45, 2.75) is 19.3 Å². The number of benzene rings is 2. The maximum Gasteiger partial charge on any atom is 0.307 e. The van der Waals surface area contributed by atoms with Crippen LogP contribution in [0.5, 0.6) is 0 Å². The summed E-state index contributed by atoms with van der Waals surface area (Å²) >= 11 is 12.1. The summed E-state index contributed by atoms with van der Waals surface area (Å²) in [5.41, 5.74) is 7.99.